The highest BCUT2D eigenvalue weighted by molar-refractivity contribution is 7.88. The topological polar surface area (TPSA) is 75.7 Å². The second-order valence-electron chi connectivity index (χ2n) is 7.04. The molecule has 2 aromatic carbocycles. The summed E-state index contributed by atoms with van der Waals surface area (Å²) in [6.07, 6.45) is 3.09. The third-order valence-corrected chi connectivity index (χ3v) is 6.20. The molecule has 150 valence electrons. The van der Waals surface area contributed by atoms with E-state index in [1.807, 2.05) is 42.5 Å². The average molecular weight is 403 g/mol. The maximum absolute atomic E-state index is 12.5. The number of carbonyl (C=O) groups excluding carboxylic acids is 1. The van der Waals surface area contributed by atoms with E-state index < -0.39 is 10.0 Å². The number of ether oxygens (including phenoxy) is 1. The first-order chi connectivity index (χ1) is 13.4. The zero-order valence-corrected chi connectivity index (χ0v) is 16.8. The second-order valence-corrected chi connectivity index (χ2v) is 9.02. The minimum absolute atomic E-state index is 0.0745. The molecule has 1 fully saturated rings. The number of rotatable bonds is 7. The largest absolute Gasteiger partial charge is 0.493 e. The van der Waals surface area contributed by atoms with Gasteiger partial charge in [-0.1, -0.05) is 36.4 Å². The fraction of sp³-hybridized carbons (Fsp3) is 0.381. The Labute approximate surface area is 166 Å². The predicted octanol–water partition coefficient (Wildman–Crippen LogP) is 2.92. The third kappa shape index (κ3) is 5.81. The Morgan fingerprint density at radius 2 is 1.82 bits per heavy atom. The molecule has 28 heavy (non-hydrogen) atoms. The lowest BCUT2D eigenvalue weighted by atomic mass is 9.97. The minimum atomic E-state index is -3.18. The fourth-order valence-electron chi connectivity index (χ4n) is 3.29. The van der Waals surface area contributed by atoms with Crippen molar-refractivity contribution in [3.8, 4) is 5.75 Å². The van der Waals surface area contributed by atoms with Gasteiger partial charge in [0.2, 0.25) is 15.9 Å². The molecule has 0 unspecified atom stereocenters. The first-order valence-corrected chi connectivity index (χ1v) is 11.3. The van der Waals surface area contributed by atoms with Crippen molar-refractivity contribution in [3.63, 3.8) is 0 Å². The van der Waals surface area contributed by atoms with Gasteiger partial charge in [0, 0.05) is 37.2 Å². The molecule has 0 bridgehead atoms. The van der Waals surface area contributed by atoms with E-state index in [2.05, 4.69) is 17.4 Å². The number of anilines is 1. The highest BCUT2D eigenvalue weighted by atomic mass is 32.2. The van der Waals surface area contributed by atoms with Crippen LogP contribution in [0.25, 0.3) is 0 Å². The molecule has 0 saturated carbocycles. The summed E-state index contributed by atoms with van der Waals surface area (Å²) in [5.74, 6) is 0.455. The van der Waals surface area contributed by atoms with Crippen molar-refractivity contribution >= 4 is 21.6 Å². The van der Waals surface area contributed by atoms with Gasteiger partial charge < -0.3 is 10.1 Å². The van der Waals surface area contributed by atoms with Crippen molar-refractivity contribution in [2.75, 3.05) is 31.3 Å². The number of benzene rings is 2. The van der Waals surface area contributed by atoms with Gasteiger partial charge in [-0.25, -0.2) is 12.7 Å². The molecular weight excluding hydrogens is 376 g/mol. The standard InChI is InChI=1S/C21H26N2O4S/c1-28(25,26)23-13-10-18(11-14-23)21(24)22-19-8-5-9-20(16-19)27-15-12-17-6-3-2-4-7-17/h2-9,16,18H,10-15H2,1H3,(H,22,24). The maximum Gasteiger partial charge on any atom is 0.227 e. The van der Waals surface area contributed by atoms with Gasteiger partial charge in [0.1, 0.15) is 5.75 Å². The van der Waals surface area contributed by atoms with Crippen LogP contribution in [0.15, 0.2) is 54.6 Å². The Morgan fingerprint density at radius 1 is 1.11 bits per heavy atom. The molecule has 7 heteroatoms. The highest BCUT2D eigenvalue weighted by Crippen LogP contribution is 2.23. The summed E-state index contributed by atoms with van der Waals surface area (Å²) in [4.78, 5) is 12.5. The van der Waals surface area contributed by atoms with Crippen LogP contribution in [-0.4, -0.2) is 44.6 Å². The van der Waals surface area contributed by atoms with Gasteiger partial charge >= 0.3 is 0 Å². The van der Waals surface area contributed by atoms with E-state index in [0.29, 0.717) is 44.0 Å². The molecule has 1 aliphatic rings. The van der Waals surface area contributed by atoms with Crippen molar-refractivity contribution in [3.05, 3.63) is 60.2 Å². The first-order valence-electron chi connectivity index (χ1n) is 9.44. The molecule has 0 atom stereocenters. The molecule has 3 rings (SSSR count). The van der Waals surface area contributed by atoms with Crippen LogP contribution in [0.5, 0.6) is 5.75 Å². The van der Waals surface area contributed by atoms with E-state index in [9.17, 15) is 13.2 Å². The van der Waals surface area contributed by atoms with Gasteiger partial charge in [-0.15, -0.1) is 0 Å². The predicted molar refractivity (Wildman–Crippen MR) is 110 cm³/mol. The van der Waals surface area contributed by atoms with Gasteiger partial charge in [-0.05, 0) is 30.5 Å². The van der Waals surface area contributed by atoms with Gasteiger partial charge in [-0.2, -0.15) is 0 Å². The number of nitrogens with zero attached hydrogens (tertiary/aromatic N) is 1. The molecule has 0 aromatic heterocycles. The summed E-state index contributed by atoms with van der Waals surface area (Å²) in [6, 6.07) is 17.5. The van der Waals surface area contributed by atoms with Crippen LogP contribution in [0.2, 0.25) is 0 Å². The maximum atomic E-state index is 12.5. The molecular formula is C21H26N2O4S. The van der Waals surface area contributed by atoms with E-state index in [1.54, 1.807) is 0 Å². The number of sulfonamides is 1. The lowest BCUT2D eigenvalue weighted by molar-refractivity contribution is -0.120. The molecule has 6 nitrogen and oxygen atoms in total. The minimum Gasteiger partial charge on any atom is -0.493 e. The van der Waals surface area contributed by atoms with Gasteiger partial charge in [0.15, 0.2) is 0 Å². The Bertz CT molecular complexity index is 892. The highest BCUT2D eigenvalue weighted by Gasteiger charge is 2.28. The summed E-state index contributed by atoms with van der Waals surface area (Å²) in [6.45, 7) is 1.34. The zero-order valence-electron chi connectivity index (χ0n) is 16.0. The lowest BCUT2D eigenvalue weighted by Crippen LogP contribution is -2.40. The summed E-state index contributed by atoms with van der Waals surface area (Å²) >= 11 is 0. The molecule has 0 spiro atoms. The van der Waals surface area contributed by atoms with Crippen molar-refractivity contribution in [2.24, 2.45) is 5.92 Å². The average Bonchev–Trinajstić information content (AvgIpc) is 2.68. The van der Waals surface area contributed by atoms with E-state index >= 15 is 0 Å². The Hall–Kier alpha value is -2.38. The van der Waals surface area contributed by atoms with Crippen molar-refractivity contribution in [1.29, 1.82) is 0 Å². The number of amides is 1. The molecule has 0 radical (unpaired) electrons. The van der Waals surface area contributed by atoms with E-state index in [-0.39, 0.29) is 11.8 Å². The summed E-state index contributed by atoms with van der Waals surface area (Å²) in [5, 5.41) is 2.93. The second kappa shape index (κ2) is 9.21. The van der Waals surface area contributed by atoms with Gasteiger partial charge in [0.05, 0.1) is 12.9 Å². The lowest BCUT2D eigenvalue weighted by Gasteiger charge is -2.29. The summed E-state index contributed by atoms with van der Waals surface area (Å²) in [5.41, 5.74) is 1.90. The molecule has 1 N–H and O–H groups in total. The molecule has 1 saturated heterocycles. The third-order valence-electron chi connectivity index (χ3n) is 4.90. The van der Waals surface area contributed by atoms with Gasteiger partial charge in [0.25, 0.3) is 0 Å². The monoisotopic (exact) mass is 402 g/mol. The summed E-state index contributed by atoms with van der Waals surface area (Å²) in [7, 11) is -3.18. The normalized spacial score (nSPS) is 15.9. The van der Waals surface area contributed by atoms with Crippen LogP contribution in [0.3, 0.4) is 0 Å². The van der Waals surface area contributed by atoms with Crippen molar-refractivity contribution in [2.45, 2.75) is 19.3 Å². The quantitative estimate of drug-likeness (QED) is 0.773. The van der Waals surface area contributed by atoms with Crippen LogP contribution in [0, 0.1) is 5.92 Å². The van der Waals surface area contributed by atoms with Crippen LogP contribution < -0.4 is 10.1 Å². The van der Waals surface area contributed by atoms with E-state index in [4.69, 9.17) is 4.74 Å². The smallest absolute Gasteiger partial charge is 0.227 e. The summed E-state index contributed by atoms with van der Waals surface area (Å²) < 4.78 is 30.4. The number of carbonyl (C=O) groups is 1. The molecule has 1 aliphatic heterocycles. The van der Waals surface area contributed by atoms with Crippen molar-refractivity contribution in [1.82, 2.24) is 4.31 Å². The number of nitrogens with one attached hydrogen (secondary N) is 1. The molecule has 1 heterocycles. The van der Waals surface area contributed by atoms with Crippen molar-refractivity contribution < 1.29 is 17.9 Å². The van der Waals surface area contributed by atoms with Crippen LogP contribution in [0.4, 0.5) is 5.69 Å². The molecule has 0 aliphatic carbocycles. The zero-order chi connectivity index (χ0) is 20.0. The Kier molecular flexibility index (Phi) is 6.70. The Balaban J connectivity index is 1.49. The first kappa shape index (κ1) is 20.4. The number of piperidine rings is 1. The van der Waals surface area contributed by atoms with Crippen LogP contribution in [0.1, 0.15) is 18.4 Å². The van der Waals surface area contributed by atoms with E-state index in [1.165, 1.54) is 16.1 Å². The SMILES string of the molecule is CS(=O)(=O)N1CCC(C(=O)Nc2cccc(OCCc3ccccc3)c2)CC1. The van der Waals surface area contributed by atoms with Crippen LogP contribution >= 0.6 is 0 Å². The van der Waals surface area contributed by atoms with Gasteiger partial charge in [-0.3, -0.25) is 4.79 Å². The molecule has 2 aromatic rings. The molecule has 1 amide bonds. The fourth-order valence-corrected chi connectivity index (χ4v) is 4.16. The number of hydrogen-bond donors (Lipinski definition) is 1. The number of hydrogen-bond acceptors (Lipinski definition) is 4. The van der Waals surface area contributed by atoms with E-state index in [0.717, 1.165) is 6.42 Å². The van der Waals surface area contributed by atoms with Crippen LogP contribution in [-0.2, 0) is 21.2 Å². The Morgan fingerprint density at radius 3 is 2.50 bits per heavy atom.